The molecule has 39 heteroatoms. The number of nitrogens with one attached hydrogen (secondary N) is 2. The van der Waals surface area contributed by atoms with Crippen molar-refractivity contribution in [1.82, 2.24) is 38.8 Å². The number of aryl methyl sites for hydroxylation is 4. The molecule has 3 aromatic heterocycles. The molecular weight excluding hydrogens is 1510 g/mol. The summed E-state index contributed by atoms with van der Waals surface area (Å²) in [5.41, 5.74) is 3.50. The number of sulfonamides is 1. The fraction of sp³-hybridized carbons (Fsp3) is 0.412. The number of aromatic hydroxyl groups is 1. The molecule has 7 aromatic rings. The van der Waals surface area contributed by atoms with Crippen LogP contribution in [-0.2, 0) is 98.6 Å². The van der Waals surface area contributed by atoms with Crippen LogP contribution in [0, 0.1) is 19.3 Å². The lowest BCUT2D eigenvalue weighted by atomic mass is 9.91. The van der Waals surface area contributed by atoms with E-state index in [9.17, 15) is 77.1 Å². The number of amides is 2. The largest absolute Gasteiger partial charge is 0.493 e. The summed E-state index contributed by atoms with van der Waals surface area (Å²) in [4.78, 5) is 88.4. The predicted octanol–water partition coefficient (Wildman–Crippen LogP) is 10.8. The molecule has 0 saturated carbocycles. The highest BCUT2D eigenvalue weighted by atomic mass is 35.5. The number of sulfone groups is 1. The number of halogens is 8. The molecule has 0 bridgehead atoms. The van der Waals surface area contributed by atoms with Gasteiger partial charge in [0.15, 0.2) is 21.2 Å². The minimum absolute atomic E-state index is 0.0493. The van der Waals surface area contributed by atoms with Gasteiger partial charge in [-0.15, -0.1) is 0 Å². The zero-order chi connectivity index (χ0) is 79.6. The maximum absolute atomic E-state index is 13.5. The number of esters is 3. The number of aromatic nitrogens is 7. The molecule has 4 aromatic carbocycles. The van der Waals surface area contributed by atoms with Crippen molar-refractivity contribution >= 4 is 95.8 Å². The maximum atomic E-state index is 13.5. The lowest BCUT2D eigenvalue weighted by Gasteiger charge is -2.32. The summed E-state index contributed by atoms with van der Waals surface area (Å²) in [6.07, 6.45) is -5.61. The number of ketones is 1. The van der Waals surface area contributed by atoms with Gasteiger partial charge in [0.1, 0.15) is 23.4 Å². The van der Waals surface area contributed by atoms with Crippen LogP contribution in [0.2, 0.25) is 10.0 Å². The number of benzene rings is 4. The van der Waals surface area contributed by atoms with E-state index < -0.39 is 95.2 Å². The van der Waals surface area contributed by atoms with E-state index in [1.54, 1.807) is 60.6 Å². The Kier molecular flexibility index (Phi) is 27.0. The normalized spacial score (nSPS) is 15.1. The zero-order valence-electron chi connectivity index (χ0n) is 60.0. The van der Waals surface area contributed by atoms with Crippen LogP contribution in [0.3, 0.4) is 0 Å². The van der Waals surface area contributed by atoms with Gasteiger partial charge in [-0.05, 0) is 133 Å². The van der Waals surface area contributed by atoms with Gasteiger partial charge in [-0.25, -0.2) is 55.0 Å². The van der Waals surface area contributed by atoms with Gasteiger partial charge in [-0.2, -0.15) is 51.5 Å². The molecule has 0 saturated heterocycles. The van der Waals surface area contributed by atoms with E-state index in [1.165, 1.54) is 45.4 Å². The van der Waals surface area contributed by atoms with Gasteiger partial charge in [0.2, 0.25) is 23.5 Å². The third kappa shape index (κ3) is 19.8. The number of hydrogen-bond acceptors (Lipinski definition) is 24. The molecule has 29 nitrogen and oxygen atoms in total. The highest BCUT2D eigenvalue weighted by Gasteiger charge is 2.50. The highest BCUT2D eigenvalue weighted by Crippen LogP contribution is 2.41. The Balaban J connectivity index is 0.000000200. The first kappa shape index (κ1) is 84.3. The topological polar surface area (TPSA) is 365 Å². The van der Waals surface area contributed by atoms with Crippen molar-refractivity contribution < 1.29 is 101 Å². The Morgan fingerprint density at radius 3 is 1.95 bits per heavy atom. The molecule has 0 aliphatic carbocycles. The fourth-order valence-corrected chi connectivity index (χ4v) is 13.5. The molecular formula is C68H76Cl2F6N12O17S2. The van der Waals surface area contributed by atoms with Crippen LogP contribution in [0.15, 0.2) is 97.8 Å². The molecule has 3 N–H and O–H groups in total. The Labute approximate surface area is 620 Å². The Hall–Kier alpha value is -9.98. The molecule has 3 aliphatic heterocycles. The number of fused-ring (bicyclic) bond motifs is 1. The van der Waals surface area contributed by atoms with Gasteiger partial charge in [0.25, 0.3) is 15.6 Å². The van der Waals surface area contributed by atoms with Crippen LogP contribution < -0.4 is 30.1 Å². The van der Waals surface area contributed by atoms with E-state index in [1.807, 2.05) is 20.8 Å². The summed E-state index contributed by atoms with van der Waals surface area (Å²) in [7, 11) is -6.14. The Morgan fingerprint density at radius 1 is 0.776 bits per heavy atom. The molecule has 0 radical (unpaired) electrons. The number of anilines is 2. The summed E-state index contributed by atoms with van der Waals surface area (Å²) in [6.45, 7) is 21.0. The number of urea groups is 1. The molecule has 10 rings (SSSR count). The number of oxime groups is 1. The minimum Gasteiger partial charge on any atom is -0.493 e. The van der Waals surface area contributed by atoms with E-state index in [2.05, 4.69) is 67.9 Å². The number of carbonyl (C=O) groups excluding carboxylic acids is 5. The van der Waals surface area contributed by atoms with Gasteiger partial charge in [0.05, 0.1) is 90.0 Å². The smallest absolute Gasteiger partial charge is 0.451 e. The first-order valence-electron chi connectivity index (χ1n) is 32.6. The van der Waals surface area contributed by atoms with Crippen molar-refractivity contribution in [3.05, 3.63) is 144 Å². The second-order valence-corrected chi connectivity index (χ2v) is 29.3. The summed E-state index contributed by atoms with van der Waals surface area (Å²) < 4.78 is 157. The molecule has 107 heavy (non-hydrogen) atoms. The fourth-order valence-electron chi connectivity index (χ4n) is 10.9. The minimum atomic E-state index is -5.05. The Bertz CT molecular complexity index is 4900. The van der Waals surface area contributed by atoms with E-state index in [0.717, 1.165) is 55.0 Å². The van der Waals surface area contributed by atoms with Crippen LogP contribution in [0.5, 0.6) is 17.8 Å². The van der Waals surface area contributed by atoms with Gasteiger partial charge in [-0.3, -0.25) is 19.7 Å². The Morgan fingerprint density at radius 2 is 1.41 bits per heavy atom. The van der Waals surface area contributed by atoms with Crippen molar-refractivity contribution in [2.75, 3.05) is 56.7 Å². The standard InChI is InChI=1S/C23H32N2O4.C16H18Cl2N2O4.C16H17N3O5S.C13H9F6N5O4S/c1-7-16-13-15(3)14-17(8-2)18(16)19-20(26)24-9-11-28-12-10-25(24)21(19)29-22(27)23(4,5)6;1-4-23-14(21)12-9-16(3,15(22)24-5-2)20(19-12)13-7-6-10(17)8-11(13)18;1-9-10(15(20)11-8-17-19(2)16(11)21)4-5-13(25(3,22)23)14(9)12-6-7-24-18-12;1-28-11-21-8(13(17,18)19)20-9(23-11)22-10(25)24-29(26,27)7-5-3-2-4-6(7)12(14,15)16/h13-14H,7-12H2,1-6H3;6-8H,4-5,9H2,1-3H3;4-5,8,21H,6-7H2,1-3H3;2-5H,1H3,(H2,20,21,22,23,24,25). The molecule has 578 valence electrons. The number of nitrogens with zero attached hydrogens (tertiary/aromatic N) is 10. The second kappa shape index (κ2) is 34.3. The summed E-state index contributed by atoms with van der Waals surface area (Å²) >= 11 is 12.2. The van der Waals surface area contributed by atoms with Crippen molar-refractivity contribution in [3.63, 3.8) is 0 Å². The van der Waals surface area contributed by atoms with Crippen molar-refractivity contribution in [1.29, 1.82) is 0 Å². The molecule has 0 spiro atoms. The van der Waals surface area contributed by atoms with Crippen LogP contribution >= 0.6 is 23.2 Å². The monoisotopic (exact) mass is 1580 g/mol. The predicted molar refractivity (Wildman–Crippen MR) is 378 cm³/mol. The van der Waals surface area contributed by atoms with Crippen molar-refractivity contribution in [3.8, 4) is 28.9 Å². The van der Waals surface area contributed by atoms with E-state index in [-0.39, 0.29) is 58.8 Å². The SMILES string of the molecule is CCOC(=O)C1=NN(c2ccc(Cl)cc2Cl)C(C)(C(=O)OCC)C1.CCc1cc(C)cc(CC)c1-c1c(OC(=O)C(C)(C)C)n2n(c1=O)CCOCC2.COc1nc(NC(=O)NS(=O)(=O)c2ccccc2C(F)(F)F)nc(C(F)(F)F)n1.Cc1c(C(=O)c2cnn(C)c2O)ccc(S(C)(=O)=O)c1C1=NOCC1. The lowest BCUT2D eigenvalue weighted by molar-refractivity contribution is -0.148. The van der Waals surface area contributed by atoms with E-state index >= 15 is 0 Å². The summed E-state index contributed by atoms with van der Waals surface area (Å²) in [6, 6.07) is 12.3. The average molecular weight is 1580 g/mol. The van der Waals surface area contributed by atoms with Crippen molar-refractivity contribution in [2.24, 2.45) is 22.7 Å². The van der Waals surface area contributed by atoms with Gasteiger partial charge in [-0.1, -0.05) is 72.0 Å². The van der Waals surface area contributed by atoms with Gasteiger partial charge < -0.3 is 33.6 Å². The zero-order valence-corrected chi connectivity index (χ0v) is 63.1. The van der Waals surface area contributed by atoms with Crippen LogP contribution in [-0.4, -0.2) is 149 Å². The van der Waals surface area contributed by atoms with Crippen LogP contribution in [0.1, 0.15) is 123 Å². The highest BCUT2D eigenvalue weighted by molar-refractivity contribution is 7.91. The maximum Gasteiger partial charge on any atom is 0.451 e. The quantitative estimate of drug-likeness (QED) is 0.0433. The first-order valence-corrected chi connectivity index (χ1v) is 36.7. The summed E-state index contributed by atoms with van der Waals surface area (Å²) in [5, 5.41) is 25.7. The number of alkyl halides is 6. The second-order valence-electron chi connectivity index (χ2n) is 24.9. The van der Waals surface area contributed by atoms with Crippen LogP contribution in [0.25, 0.3) is 11.1 Å². The molecule has 2 amide bonds. The first-order chi connectivity index (χ1) is 50.0. The number of methoxy groups -OCH3 is 1. The van der Waals surface area contributed by atoms with E-state index in [4.69, 9.17) is 47.0 Å². The third-order valence-corrected chi connectivity index (χ3v) is 19.1. The van der Waals surface area contributed by atoms with Crippen LogP contribution in [0.4, 0.5) is 42.8 Å². The van der Waals surface area contributed by atoms with Gasteiger partial charge >= 0.3 is 42.3 Å². The van der Waals surface area contributed by atoms with Gasteiger partial charge in [0, 0.05) is 42.3 Å². The number of hydrazone groups is 1. The molecule has 1 unspecified atom stereocenters. The molecule has 6 heterocycles. The number of rotatable bonds is 17. The number of carbonyl (C=O) groups is 5. The molecule has 1 atom stereocenters. The summed E-state index contributed by atoms with van der Waals surface area (Å²) in [5.74, 6) is -4.59. The van der Waals surface area contributed by atoms with Crippen molar-refractivity contribution in [2.45, 2.75) is 136 Å². The number of ether oxygens (including phenoxy) is 5. The molecule has 3 aliphatic rings. The molecule has 0 fully saturated rings. The number of hydrogen-bond donors (Lipinski definition) is 3. The van der Waals surface area contributed by atoms with E-state index in [0.29, 0.717) is 95.5 Å². The lowest BCUT2D eigenvalue weighted by Crippen LogP contribution is -2.48. The average Bonchev–Trinajstić information content (AvgIpc) is 1.64. The third-order valence-electron chi connectivity index (χ3n) is 16.0.